The van der Waals surface area contributed by atoms with E-state index in [2.05, 4.69) is 16.6 Å². The highest BCUT2D eigenvalue weighted by molar-refractivity contribution is 7.99. The molecule has 0 saturated carbocycles. The van der Waals surface area contributed by atoms with Crippen molar-refractivity contribution in [3.8, 4) is 5.75 Å². The number of ether oxygens (including phenoxy) is 1. The Kier molecular flexibility index (Phi) is 4.40. The summed E-state index contributed by atoms with van der Waals surface area (Å²) in [6.07, 6.45) is 1.55. The first-order valence-electron chi connectivity index (χ1n) is 6.80. The number of halogens is 1. The molecular formula is C14H17ClN4OS. The molecule has 1 aliphatic heterocycles. The molecule has 7 heteroatoms. The maximum Gasteiger partial charge on any atom is 0.133 e. The number of nitrogens with one attached hydrogen (secondary N) is 1. The average molecular weight is 325 g/mol. The van der Waals surface area contributed by atoms with Crippen LogP contribution in [0.5, 0.6) is 5.75 Å². The number of para-hydroxylation sites is 1. The molecule has 1 aromatic carbocycles. The first-order chi connectivity index (χ1) is 10.2. The average Bonchev–Trinajstić information content (AvgIpc) is 2.89. The number of benzene rings is 1. The minimum absolute atomic E-state index is 0.102. The van der Waals surface area contributed by atoms with Crippen LogP contribution in [0, 0.1) is 0 Å². The molecular weight excluding hydrogens is 308 g/mol. The van der Waals surface area contributed by atoms with Crippen LogP contribution in [0.2, 0.25) is 5.02 Å². The van der Waals surface area contributed by atoms with Crippen molar-refractivity contribution in [1.82, 2.24) is 15.2 Å². The minimum Gasteiger partial charge on any atom is -0.486 e. The SMILES string of the molecule is CCn1ncc(Cl)c1C(NN)C1CSc2ccccc2O1. The number of hydrogen-bond acceptors (Lipinski definition) is 5. The van der Waals surface area contributed by atoms with E-state index in [1.807, 2.05) is 29.8 Å². The molecule has 0 fully saturated rings. The van der Waals surface area contributed by atoms with E-state index in [0.717, 1.165) is 28.6 Å². The van der Waals surface area contributed by atoms with Crippen molar-refractivity contribution >= 4 is 23.4 Å². The standard InChI is InChI=1S/C14H17ClN4OS/c1-2-19-14(9(15)7-17-19)13(18-16)11-8-21-12-6-4-3-5-10(12)20-11/h3-7,11,13,18H,2,8,16H2,1H3. The highest BCUT2D eigenvalue weighted by atomic mass is 35.5. The predicted molar refractivity (Wildman–Crippen MR) is 84.6 cm³/mol. The van der Waals surface area contributed by atoms with E-state index in [9.17, 15) is 0 Å². The van der Waals surface area contributed by atoms with E-state index in [-0.39, 0.29) is 12.1 Å². The number of nitrogens with two attached hydrogens (primary N) is 1. The van der Waals surface area contributed by atoms with Crippen LogP contribution in [0.25, 0.3) is 0 Å². The summed E-state index contributed by atoms with van der Waals surface area (Å²) in [5, 5.41) is 4.87. The summed E-state index contributed by atoms with van der Waals surface area (Å²) in [6, 6.07) is 7.80. The van der Waals surface area contributed by atoms with E-state index in [0.29, 0.717) is 5.02 Å². The van der Waals surface area contributed by atoms with Gasteiger partial charge in [-0.15, -0.1) is 11.8 Å². The summed E-state index contributed by atoms with van der Waals surface area (Å²) in [7, 11) is 0. The Morgan fingerprint density at radius 2 is 2.38 bits per heavy atom. The number of fused-ring (bicyclic) bond motifs is 1. The maximum absolute atomic E-state index is 6.28. The molecule has 2 atom stereocenters. The van der Waals surface area contributed by atoms with E-state index in [1.54, 1.807) is 18.0 Å². The van der Waals surface area contributed by atoms with E-state index in [1.165, 1.54) is 0 Å². The van der Waals surface area contributed by atoms with Crippen molar-refractivity contribution in [3.63, 3.8) is 0 Å². The molecule has 2 heterocycles. The van der Waals surface area contributed by atoms with Crippen LogP contribution >= 0.6 is 23.4 Å². The van der Waals surface area contributed by atoms with E-state index >= 15 is 0 Å². The molecule has 1 aromatic heterocycles. The maximum atomic E-state index is 6.28. The Bertz CT molecular complexity index is 633. The first kappa shape index (κ1) is 14.7. The quantitative estimate of drug-likeness (QED) is 0.668. The Hall–Kier alpha value is -1.21. The topological polar surface area (TPSA) is 65.1 Å². The van der Waals surface area contributed by atoms with Crippen LogP contribution in [0.4, 0.5) is 0 Å². The Balaban J connectivity index is 1.90. The number of thioether (sulfide) groups is 1. The molecule has 0 saturated heterocycles. The molecule has 0 radical (unpaired) electrons. The van der Waals surface area contributed by atoms with Crippen molar-refractivity contribution in [1.29, 1.82) is 0 Å². The van der Waals surface area contributed by atoms with Crippen molar-refractivity contribution in [2.45, 2.75) is 30.5 Å². The number of aryl methyl sites for hydroxylation is 1. The Morgan fingerprint density at radius 1 is 1.57 bits per heavy atom. The lowest BCUT2D eigenvalue weighted by Gasteiger charge is -2.31. The summed E-state index contributed by atoms with van der Waals surface area (Å²) in [4.78, 5) is 1.15. The molecule has 0 aliphatic carbocycles. The van der Waals surface area contributed by atoms with Gasteiger partial charge in [-0.05, 0) is 19.1 Å². The van der Waals surface area contributed by atoms with Gasteiger partial charge in [0, 0.05) is 17.2 Å². The molecule has 0 bridgehead atoms. The fraction of sp³-hybridized carbons (Fsp3) is 0.357. The van der Waals surface area contributed by atoms with Crippen LogP contribution in [0.1, 0.15) is 18.7 Å². The van der Waals surface area contributed by atoms with Crippen LogP contribution < -0.4 is 16.0 Å². The van der Waals surface area contributed by atoms with Gasteiger partial charge < -0.3 is 4.74 Å². The molecule has 21 heavy (non-hydrogen) atoms. The van der Waals surface area contributed by atoms with Crippen LogP contribution in [-0.4, -0.2) is 21.6 Å². The highest BCUT2D eigenvalue weighted by Gasteiger charge is 2.32. The number of nitrogens with zero attached hydrogens (tertiary/aromatic N) is 2. The molecule has 0 spiro atoms. The molecule has 5 nitrogen and oxygen atoms in total. The van der Waals surface area contributed by atoms with Gasteiger partial charge >= 0.3 is 0 Å². The summed E-state index contributed by atoms with van der Waals surface area (Å²) < 4.78 is 7.95. The minimum atomic E-state index is -0.208. The van der Waals surface area contributed by atoms with Gasteiger partial charge in [-0.1, -0.05) is 23.7 Å². The van der Waals surface area contributed by atoms with Crippen molar-refractivity contribution < 1.29 is 4.74 Å². The second-order valence-corrected chi connectivity index (χ2v) is 6.22. The zero-order valence-electron chi connectivity index (χ0n) is 11.6. The third-order valence-corrected chi connectivity index (χ3v) is 4.94. The summed E-state index contributed by atoms with van der Waals surface area (Å²) in [5.74, 6) is 7.46. The van der Waals surface area contributed by atoms with Gasteiger partial charge in [-0.25, -0.2) is 5.43 Å². The molecule has 112 valence electrons. The number of hydrogen-bond donors (Lipinski definition) is 2. The van der Waals surface area contributed by atoms with E-state index in [4.69, 9.17) is 22.2 Å². The smallest absolute Gasteiger partial charge is 0.133 e. The van der Waals surface area contributed by atoms with Gasteiger partial charge in [0.25, 0.3) is 0 Å². The van der Waals surface area contributed by atoms with Gasteiger partial charge in [0.1, 0.15) is 17.9 Å². The number of aromatic nitrogens is 2. The van der Waals surface area contributed by atoms with Gasteiger partial charge in [-0.2, -0.15) is 5.10 Å². The normalized spacial score (nSPS) is 18.9. The number of hydrazine groups is 1. The highest BCUT2D eigenvalue weighted by Crippen LogP contribution is 2.39. The predicted octanol–water partition coefficient (Wildman–Crippen LogP) is 2.61. The summed E-state index contributed by atoms with van der Waals surface area (Å²) in [6.45, 7) is 2.75. The Labute approximate surface area is 132 Å². The molecule has 3 rings (SSSR count). The molecule has 0 amide bonds. The van der Waals surface area contributed by atoms with Gasteiger partial charge in [0.05, 0.1) is 16.9 Å². The molecule has 2 unspecified atom stereocenters. The van der Waals surface area contributed by atoms with Gasteiger partial charge in [-0.3, -0.25) is 10.5 Å². The van der Waals surface area contributed by atoms with Crippen molar-refractivity contribution in [2.75, 3.05) is 5.75 Å². The lowest BCUT2D eigenvalue weighted by molar-refractivity contribution is 0.162. The van der Waals surface area contributed by atoms with Gasteiger partial charge in [0.2, 0.25) is 0 Å². The third kappa shape index (κ3) is 2.76. The molecule has 2 aromatic rings. The molecule has 3 N–H and O–H groups in total. The van der Waals surface area contributed by atoms with Crippen LogP contribution in [0.15, 0.2) is 35.4 Å². The third-order valence-electron chi connectivity index (χ3n) is 3.51. The van der Waals surface area contributed by atoms with Crippen LogP contribution in [-0.2, 0) is 6.54 Å². The Morgan fingerprint density at radius 3 is 3.14 bits per heavy atom. The second-order valence-electron chi connectivity index (χ2n) is 4.75. The van der Waals surface area contributed by atoms with Crippen molar-refractivity contribution in [3.05, 3.63) is 41.2 Å². The second kappa shape index (κ2) is 6.27. The number of rotatable bonds is 4. The lowest BCUT2D eigenvalue weighted by Crippen LogP contribution is -2.43. The summed E-state index contributed by atoms with van der Waals surface area (Å²) in [5.41, 5.74) is 3.70. The lowest BCUT2D eigenvalue weighted by atomic mass is 10.1. The largest absolute Gasteiger partial charge is 0.486 e. The zero-order valence-corrected chi connectivity index (χ0v) is 13.2. The van der Waals surface area contributed by atoms with E-state index < -0.39 is 0 Å². The van der Waals surface area contributed by atoms with Crippen LogP contribution in [0.3, 0.4) is 0 Å². The molecule has 1 aliphatic rings. The fourth-order valence-electron chi connectivity index (χ4n) is 2.50. The fourth-order valence-corrected chi connectivity index (χ4v) is 3.79. The summed E-state index contributed by atoms with van der Waals surface area (Å²) >= 11 is 8.04. The monoisotopic (exact) mass is 324 g/mol. The van der Waals surface area contributed by atoms with Crippen molar-refractivity contribution in [2.24, 2.45) is 5.84 Å². The first-order valence-corrected chi connectivity index (χ1v) is 8.16. The zero-order chi connectivity index (χ0) is 14.8. The van der Waals surface area contributed by atoms with Gasteiger partial charge in [0.15, 0.2) is 0 Å².